The number of aromatic amines is 1. The van der Waals surface area contributed by atoms with Crippen LogP contribution in [0.15, 0.2) is 94.6 Å². The van der Waals surface area contributed by atoms with Crippen LogP contribution in [0.5, 0.6) is 11.5 Å². The Morgan fingerprint density at radius 2 is 1.43 bits per heavy atom. The van der Waals surface area contributed by atoms with Gasteiger partial charge in [-0.05, 0) is 47.9 Å². The van der Waals surface area contributed by atoms with Crippen molar-refractivity contribution in [2.24, 2.45) is 0 Å². The van der Waals surface area contributed by atoms with E-state index < -0.39 is 45.4 Å². The predicted octanol–water partition coefficient (Wildman–Crippen LogP) is 3.50. The molecule has 1 saturated heterocycles. The van der Waals surface area contributed by atoms with Crippen LogP contribution < -0.4 is 20.7 Å². The lowest BCUT2D eigenvalue weighted by Gasteiger charge is -2.37. The quantitative estimate of drug-likeness (QED) is 0.197. The number of nitrogens with zero attached hydrogens (tertiary/aromatic N) is 1. The molecule has 12 heteroatoms. The highest BCUT2D eigenvalue weighted by Gasteiger charge is 2.44. The second-order valence-corrected chi connectivity index (χ2v) is 12.1. The maximum Gasteiger partial charge on any atom is 0.330 e. The second kappa shape index (κ2) is 12.8. The van der Waals surface area contributed by atoms with Gasteiger partial charge in [-0.1, -0.05) is 54.6 Å². The minimum absolute atomic E-state index is 0.0237. The van der Waals surface area contributed by atoms with Crippen LogP contribution in [-0.4, -0.2) is 57.3 Å². The molecule has 0 amide bonds. The van der Waals surface area contributed by atoms with E-state index in [4.69, 9.17) is 23.1 Å². The molecule has 1 aliphatic heterocycles. The summed E-state index contributed by atoms with van der Waals surface area (Å²) in [7, 11) is -0.730. The monoisotopic (exact) mass is 622 g/mol. The standard InChI is InChI=1S/C32H34N2O9S/c1-21-19-34(31(36)33-30(21)35)29-18-27(43-44(4,37)38)28(42-29)20-41-32(22-8-6-5-7-9-22,23-10-14-25(39-2)15-11-23)24-12-16-26(40-3)17-13-24/h5-17,19,27-29H,18,20H2,1-4H3,(H,33,35,36)/t27-,28-,29-/m0/s1. The van der Waals surface area contributed by atoms with Gasteiger partial charge in [-0.25, -0.2) is 4.79 Å². The van der Waals surface area contributed by atoms with Crippen molar-refractivity contribution in [2.75, 3.05) is 27.1 Å². The fraction of sp³-hybridized carbons (Fsp3) is 0.312. The molecular formula is C32H34N2O9S. The Hall–Kier alpha value is -4.23. The highest BCUT2D eigenvalue weighted by atomic mass is 32.2. The third-order valence-corrected chi connectivity index (χ3v) is 8.17. The molecule has 1 aliphatic rings. The minimum atomic E-state index is -3.91. The maximum absolute atomic E-state index is 12.7. The molecule has 11 nitrogen and oxygen atoms in total. The molecule has 44 heavy (non-hydrogen) atoms. The van der Waals surface area contributed by atoms with Gasteiger partial charge in [0.1, 0.15) is 35.5 Å². The number of methoxy groups -OCH3 is 2. The van der Waals surface area contributed by atoms with Crippen molar-refractivity contribution >= 4 is 10.1 Å². The molecular weight excluding hydrogens is 588 g/mol. The second-order valence-electron chi connectivity index (χ2n) is 10.5. The topological polar surface area (TPSA) is 135 Å². The maximum atomic E-state index is 12.7. The summed E-state index contributed by atoms with van der Waals surface area (Å²) in [5.74, 6) is 1.33. The Bertz CT molecular complexity index is 1750. The molecule has 1 N–H and O–H groups in total. The molecule has 2 heterocycles. The number of benzene rings is 3. The number of H-pyrrole nitrogens is 1. The first kappa shape index (κ1) is 31.2. The van der Waals surface area contributed by atoms with Crippen LogP contribution in [0.1, 0.15) is 34.9 Å². The van der Waals surface area contributed by atoms with E-state index in [1.165, 1.54) is 10.8 Å². The third-order valence-electron chi connectivity index (χ3n) is 7.57. The average molecular weight is 623 g/mol. The van der Waals surface area contributed by atoms with Crippen molar-refractivity contribution in [2.45, 2.75) is 37.4 Å². The summed E-state index contributed by atoms with van der Waals surface area (Å²) in [5.41, 5.74) is 0.269. The molecule has 1 fully saturated rings. The molecule has 3 atom stereocenters. The minimum Gasteiger partial charge on any atom is -0.497 e. The van der Waals surface area contributed by atoms with Gasteiger partial charge >= 0.3 is 5.69 Å². The number of hydrogen-bond donors (Lipinski definition) is 1. The van der Waals surface area contributed by atoms with Crippen LogP contribution >= 0.6 is 0 Å². The zero-order valence-corrected chi connectivity index (χ0v) is 25.6. The SMILES string of the molecule is COc1ccc(C(OC[C@@H]2O[C@H](n3cc(C)c(=O)[nH]c3=O)C[C@@H]2OS(C)(=O)=O)(c2ccccc2)c2ccc(OC)cc2)cc1. The summed E-state index contributed by atoms with van der Waals surface area (Å²) < 4.78 is 55.2. The lowest BCUT2D eigenvalue weighted by atomic mass is 9.80. The zero-order chi connectivity index (χ0) is 31.5. The number of aromatic nitrogens is 2. The summed E-state index contributed by atoms with van der Waals surface area (Å²) >= 11 is 0. The van der Waals surface area contributed by atoms with E-state index in [0.29, 0.717) is 17.1 Å². The molecule has 0 unspecified atom stereocenters. The lowest BCUT2D eigenvalue weighted by Crippen LogP contribution is -2.39. The Morgan fingerprint density at radius 3 is 1.95 bits per heavy atom. The zero-order valence-electron chi connectivity index (χ0n) is 24.8. The normalized spacial score (nSPS) is 18.7. The molecule has 0 saturated carbocycles. The molecule has 3 aromatic carbocycles. The largest absolute Gasteiger partial charge is 0.497 e. The smallest absolute Gasteiger partial charge is 0.330 e. The van der Waals surface area contributed by atoms with Gasteiger partial charge in [-0.2, -0.15) is 8.42 Å². The Kier molecular flexibility index (Phi) is 9.07. The van der Waals surface area contributed by atoms with Crippen LogP contribution in [0.4, 0.5) is 0 Å². The average Bonchev–Trinajstić information content (AvgIpc) is 3.41. The van der Waals surface area contributed by atoms with Crippen LogP contribution in [0.3, 0.4) is 0 Å². The number of rotatable bonds is 11. The van der Waals surface area contributed by atoms with Gasteiger partial charge in [0.2, 0.25) is 0 Å². The van der Waals surface area contributed by atoms with Crippen molar-refractivity contribution in [1.29, 1.82) is 0 Å². The first-order chi connectivity index (χ1) is 21.0. The first-order valence-corrected chi connectivity index (χ1v) is 15.7. The Morgan fingerprint density at radius 1 is 0.886 bits per heavy atom. The molecule has 0 spiro atoms. The molecule has 232 valence electrons. The summed E-state index contributed by atoms with van der Waals surface area (Å²) in [4.78, 5) is 26.9. The highest BCUT2D eigenvalue weighted by Crippen LogP contribution is 2.43. The Labute approximate surface area is 255 Å². The molecule has 4 aromatic rings. The first-order valence-electron chi connectivity index (χ1n) is 13.9. The van der Waals surface area contributed by atoms with Crippen molar-refractivity contribution in [3.63, 3.8) is 0 Å². The van der Waals surface area contributed by atoms with Crippen molar-refractivity contribution in [1.82, 2.24) is 9.55 Å². The highest BCUT2D eigenvalue weighted by molar-refractivity contribution is 7.86. The van der Waals surface area contributed by atoms with Gasteiger partial charge in [0.15, 0.2) is 0 Å². The van der Waals surface area contributed by atoms with Gasteiger partial charge in [0.25, 0.3) is 15.7 Å². The van der Waals surface area contributed by atoms with E-state index in [2.05, 4.69) is 4.98 Å². The Balaban J connectivity index is 1.59. The number of aryl methyl sites for hydroxylation is 1. The van der Waals surface area contributed by atoms with Crippen LogP contribution in [0.2, 0.25) is 0 Å². The molecule has 0 bridgehead atoms. The van der Waals surface area contributed by atoms with Crippen LogP contribution in [-0.2, 0) is 29.4 Å². The number of hydrogen-bond acceptors (Lipinski definition) is 9. The van der Waals surface area contributed by atoms with Crippen LogP contribution in [0, 0.1) is 6.92 Å². The lowest BCUT2D eigenvalue weighted by molar-refractivity contribution is -0.0910. The summed E-state index contributed by atoms with van der Waals surface area (Å²) in [5, 5.41) is 0. The van der Waals surface area contributed by atoms with Gasteiger partial charge in [0, 0.05) is 18.2 Å². The predicted molar refractivity (Wildman–Crippen MR) is 163 cm³/mol. The van der Waals surface area contributed by atoms with E-state index in [1.54, 1.807) is 21.1 Å². The molecule has 0 aliphatic carbocycles. The van der Waals surface area contributed by atoms with Gasteiger partial charge in [-0.3, -0.25) is 18.5 Å². The number of ether oxygens (including phenoxy) is 4. The van der Waals surface area contributed by atoms with E-state index in [-0.39, 0.29) is 13.0 Å². The summed E-state index contributed by atoms with van der Waals surface area (Å²) in [6.45, 7) is 1.44. The van der Waals surface area contributed by atoms with Crippen molar-refractivity contribution < 1.29 is 31.5 Å². The van der Waals surface area contributed by atoms with Gasteiger partial charge in [0.05, 0.1) is 27.1 Å². The van der Waals surface area contributed by atoms with Crippen LogP contribution in [0.25, 0.3) is 0 Å². The number of nitrogens with one attached hydrogen (secondary N) is 1. The summed E-state index contributed by atoms with van der Waals surface area (Å²) in [6, 6.07) is 24.6. The van der Waals surface area contributed by atoms with Gasteiger partial charge in [-0.15, -0.1) is 0 Å². The molecule has 1 aromatic heterocycles. The van der Waals surface area contributed by atoms with Crippen molar-refractivity contribution in [3.8, 4) is 11.5 Å². The fourth-order valence-corrected chi connectivity index (χ4v) is 6.08. The summed E-state index contributed by atoms with van der Waals surface area (Å²) in [6.07, 6.45) is -0.433. The van der Waals surface area contributed by atoms with E-state index >= 15 is 0 Å². The van der Waals surface area contributed by atoms with Crippen molar-refractivity contribution in [3.05, 3.63) is 128 Å². The van der Waals surface area contributed by atoms with E-state index in [9.17, 15) is 18.0 Å². The van der Waals surface area contributed by atoms with E-state index in [0.717, 1.165) is 22.9 Å². The molecule has 0 radical (unpaired) electrons. The fourth-order valence-electron chi connectivity index (χ4n) is 5.43. The van der Waals surface area contributed by atoms with Gasteiger partial charge < -0.3 is 18.9 Å². The third kappa shape index (κ3) is 6.48. The van der Waals surface area contributed by atoms with E-state index in [1.807, 2.05) is 78.9 Å². The molecule has 5 rings (SSSR count).